The Morgan fingerprint density at radius 1 is 1.32 bits per heavy atom. The number of carbonyl (C=O) groups is 2. The third-order valence-corrected chi connectivity index (χ3v) is 2.89. The standard InChI is InChI=1S/C13H9ClFNO3/c1-16-6-7(4-11(16)13(18)19)12(17)9-5-8(14)2-3-10(9)15/h2-6H,1H3,(H,18,19). The summed E-state index contributed by atoms with van der Waals surface area (Å²) in [7, 11) is 1.49. The van der Waals surface area contributed by atoms with Gasteiger partial charge in [-0.1, -0.05) is 11.6 Å². The molecule has 0 spiro atoms. The van der Waals surface area contributed by atoms with Gasteiger partial charge in [0.05, 0.1) is 5.56 Å². The maximum atomic E-state index is 13.6. The summed E-state index contributed by atoms with van der Waals surface area (Å²) >= 11 is 5.72. The number of rotatable bonds is 3. The van der Waals surface area contributed by atoms with Gasteiger partial charge >= 0.3 is 5.97 Å². The summed E-state index contributed by atoms with van der Waals surface area (Å²) in [6, 6.07) is 4.84. The van der Waals surface area contributed by atoms with Gasteiger partial charge in [-0.25, -0.2) is 9.18 Å². The van der Waals surface area contributed by atoms with E-state index in [9.17, 15) is 14.0 Å². The molecule has 0 aliphatic heterocycles. The molecule has 6 heteroatoms. The fourth-order valence-corrected chi connectivity index (χ4v) is 1.90. The quantitative estimate of drug-likeness (QED) is 0.880. The highest BCUT2D eigenvalue weighted by molar-refractivity contribution is 6.31. The minimum Gasteiger partial charge on any atom is -0.477 e. The molecule has 1 aromatic carbocycles. The monoisotopic (exact) mass is 281 g/mol. The van der Waals surface area contributed by atoms with E-state index in [1.807, 2.05) is 0 Å². The predicted octanol–water partition coefficient (Wildman–Crippen LogP) is 2.75. The van der Waals surface area contributed by atoms with Crippen molar-refractivity contribution in [3.05, 3.63) is 58.1 Å². The van der Waals surface area contributed by atoms with E-state index < -0.39 is 17.6 Å². The summed E-state index contributed by atoms with van der Waals surface area (Å²) < 4.78 is 14.9. The lowest BCUT2D eigenvalue weighted by molar-refractivity contribution is 0.0686. The average Bonchev–Trinajstić information content (AvgIpc) is 2.74. The lowest BCUT2D eigenvalue weighted by atomic mass is 10.1. The summed E-state index contributed by atoms with van der Waals surface area (Å²) in [5, 5.41) is 9.14. The largest absolute Gasteiger partial charge is 0.477 e. The number of carboxylic acid groups (broad SMARTS) is 1. The molecule has 4 nitrogen and oxygen atoms in total. The number of carbonyl (C=O) groups excluding carboxylic acids is 1. The summed E-state index contributed by atoms with van der Waals surface area (Å²) in [6.07, 6.45) is 1.34. The zero-order valence-electron chi connectivity index (χ0n) is 9.85. The van der Waals surface area contributed by atoms with Crippen molar-refractivity contribution in [1.82, 2.24) is 4.57 Å². The molecule has 0 saturated heterocycles. The Kier molecular flexibility index (Phi) is 3.40. The second-order valence-corrected chi connectivity index (χ2v) is 4.42. The molecule has 0 amide bonds. The summed E-state index contributed by atoms with van der Waals surface area (Å²) in [5.41, 5.74) is -0.137. The van der Waals surface area contributed by atoms with Gasteiger partial charge < -0.3 is 9.67 Å². The van der Waals surface area contributed by atoms with Crippen LogP contribution in [-0.4, -0.2) is 21.4 Å². The van der Waals surface area contributed by atoms with E-state index in [4.69, 9.17) is 16.7 Å². The van der Waals surface area contributed by atoms with Crippen LogP contribution in [-0.2, 0) is 7.05 Å². The number of halogens is 2. The van der Waals surface area contributed by atoms with Crippen LogP contribution < -0.4 is 0 Å². The van der Waals surface area contributed by atoms with E-state index in [1.165, 1.54) is 36.0 Å². The van der Waals surface area contributed by atoms with E-state index >= 15 is 0 Å². The van der Waals surface area contributed by atoms with E-state index in [1.54, 1.807) is 0 Å². The first-order chi connectivity index (χ1) is 8.90. The molecule has 1 aromatic heterocycles. The molecule has 0 unspecified atom stereocenters. The summed E-state index contributed by atoms with van der Waals surface area (Å²) in [5.74, 6) is -2.47. The zero-order chi connectivity index (χ0) is 14.2. The van der Waals surface area contributed by atoms with Gasteiger partial charge in [0.25, 0.3) is 0 Å². The highest BCUT2D eigenvalue weighted by Crippen LogP contribution is 2.19. The minimum absolute atomic E-state index is 0.0502. The first-order valence-electron chi connectivity index (χ1n) is 5.29. The van der Waals surface area contributed by atoms with Crippen LogP contribution in [0.5, 0.6) is 0 Å². The normalized spacial score (nSPS) is 10.5. The van der Waals surface area contributed by atoms with Crippen molar-refractivity contribution < 1.29 is 19.1 Å². The van der Waals surface area contributed by atoms with Crippen LogP contribution >= 0.6 is 11.6 Å². The molecule has 0 saturated carbocycles. The van der Waals surface area contributed by atoms with Crippen molar-refractivity contribution in [3.63, 3.8) is 0 Å². The number of ketones is 1. The number of aryl methyl sites for hydroxylation is 1. The maximum Gasteiger partial charge on any atom is 0.352 e. The first-order valence-corrected chi connectivity index (χ1v) is 5.67. The molecule has 2 rings (SSSR count). The minimum atomic E-state index is -1.16. The Hall–Kier alpha value is -2.14. The van der Waals surface area contributed by atoms with Crippen LogP contribution in [0.25, 0.3) is 0 Å². The van der Waals surface area contributed by atoms with Crippen LogP contribution in [0.3, 0.4) is 0 Å². The van der Waals surface area contributed by atoms with E-state index in [0.717, 1.165) is 6.07 Å². The number of nitrogens with zero attached hydrogens (tertiary/aromatic N) is 1. The van der Waals surface area contributed by atoms with E-state index in [0.29, 0.717) is 0 Å². The number of hydrogen-bond acceptors (Lipinski definition) is 2. The number of carboxylic acids is 1. The molecule has 1 heterocycles. The van der Waals surface area contributed by atoms with Crippen molar-refractivity contribution in [2.45, 2.75) is 0 Å². The number of aromatic carboxylic acids is 1. The van der Waals surface area contributed by atoms with Crippen molar-refractivity contribution in [1.29, 1.82) is 0 Å². The van der Waals surface area contributed by atoms with Crippen molar-refractivity contribution >= 4 is 23.4 Å². The van der Waals surface area contributed by atoms with Gasteiger partial charge in [-0.15, -0.1) is 0 Å². The van der Waals surface area contributed by atoms with E-state index in [2.05, 4.69) is 0 Å². The van der Waals surface area contributed by atoms with Crippen LogP contribution in [0.4, 0.5) is 4.39 Å². The van der Waals surface area contributed by atoms with Gasteiger partial charge in [0.2, 0.25) is 0 Å². The number of aromatic nitrogens is 1. The topological polar surface area (TPSA) is 59.3 Å². The molecular weight excluding hydrogens is 273 g/mol. The van der Waals surface area contributed by atoms with Crippen molar-refractivity contribution in [2.75, 3.05) is 0 Å². The third-order valence-electron chi connectivity index (χ3n) is 2.66. The number of hydrogen-bond donors (Lipinski definition) is 1. The van der Waals surface area contributed by atoms with Crippen LogP contribution in [0, 0.1) is 5.82 Å². The highest BCUT2D eigenvalue weighted by Gasteiger charge is 2.19. The van der Waals surface area contributed by atoms with Gasteiger partial charge in [0.15, 0.2) is 5.78 Å². The predicted molar refractivity (Wildman–Crippen MR) is 67.2 cm³/mol. The molecule has 0 radical (unpaired) electrons. The van der Waals surface area contributed by atoms with Crippen LogP contribution in [0.2, 0.25) is 5.02 Å². The second-order valence-electron chi connectivity index (χ2n) is 3.98. The Labute approximate surface area is 113 Å². The first kappa shape index (κ1) is 13.3. The van der Waals surface area contributed by atoms with Crippen molar-refractivity contribution in [3.8, 4) is 0 Å². The molecule has 0 atom stereocenters. The van der Waals surface area contributed by atoms with Gasteiger partial charge in [0, 0.05) is 23.8 Å². The highest BCUT2D eigenvalue weighted by atomic mass is 35.5. The SMILES string of the molecule is Cn1cc(C(=O)c2cc(Cl)ccc2F)cc1C(=O)O. The fourth-order valence-electron chi connectivity index (χ4n) is 1.73. The average molecular weight is 282 g/mol. The summed E-state index contributed by atoms with van der Waals surface area (Å²) in [4.78, 5) is 23.0. The van der Waals surface area contributed by atoms with Gasteiger partial charge in [0.1, 0.15) is 11.5 Å². The van der Waals surface area contributed by atoms with Crippen molar-refractivity contribution in [2.24, 2.45) is 7.05 Å². The Morgan fingerprint density at radius 3 is 2.58 bits per heavy atom. The Bertz CT molecular complexity index is 679. The Balaban J connectivity index is 2.47. The maximum absolute atomic E-state index is 13.6. The molecule has 0 aliphatic carbocycles. The number of benzene rings is 1. The lowest BCUT2D eigenvalue weighted by Gasteiger charge is -2.01. The van der Waals surface area contributed by atoms with Crippen LogP contribution in [0.1, 0.15) is 26.4 Å². The molecule has 0 aliphatic rings. The molecule has 1 N–H and O–H groups in total. The molecular formula is C13H9ClFNO3. The molecule has 19 heavy (non-hydrogen) atoms. The molecule has 0 fully saturated rings. The molecule has 0 bridgehead atoms. The van der Waals surface area contributed by atoms with Crippen LogP contribution in [0.15, 0.2) is 30.5 Å². The lowest BCUT2D eigenvalue weighted by Crippen LogP contribution is -2.03. The Morgan fingerprint density at radius 2 is 2.00 bits per heavy atom. The smallest absolute Gasteiger partial charge is 0.352 e. The van der Waals surface area contributed by atoms with Gasteiger partial charge in [-0.05, 0) is 24.3 Å². The summed E-state index contributed by atoms with van der Waals surface area (Å²) in [6.45, 7) is 0. The third kappa shape index (κ3) is 2.51. The molecule has 98 valence electrons. The zero-order valence-corrected chi connectivity index (χ0v) is 10.6. The van der Waals surface area contributed by atoms with Gasteiger partial charge in [-0.3, -0.25) is 4.79 Å². The second kappa shape index (κ2) is 4.85. The fraction of sp³-hybridized carbons (Fsp3) is 0.0769. The van der Waals surface area contributed by atoms with E-state index in [-0.39, 0.29) is 21.8 Å². The van der Waals surface area contributed by atoms with Gasteiger partial charge in [-0.2, -0.15) is 0 Å². The molecule has 2 aromatic rings.